The molecule has 0 spiro atoms. The summed E-state index contributed by atoms with van der Waals surface area (Å²) in [6.07, 6.45) is 0.824. The summed E-state index contributed by atoms with van der Waals surface area (Å²) in [6.45, 7) is 0.808. The number of rotatable bonds is 6. The Labute approximate surface area is 188 Å². The Balaban J connectivity index is 1.36. The third-order valence-corrected chi connectivity index (χ3v) is 7.91. The minimum absolute atomic E-state index is 0.100. The first-order valence-corrected chi connectivity index (χ1v) is 12.0. The Morgan fingerprint density at radius 2 is 1.38 bits per heavy atom. The summed E-state index contributed by atoms with van der Waals surface area (Å²) in [5.74, 6) is 1.89. The number of nitrogens with zero attached hydrogens (tertiary/aromatic N) is 1. The number of amides is 1. The highest BCUT2D eigenvalue weighted by Gasteiger charge is 2.33. The number of piperidine rings is 1. The maximum absolute atomic E-state index is 13.0. The molecular weight excluding hydrogens is 426 g/mol. The number of hydrogen-bond donors (Lipinski definition) is 0. The number of carbonyl (C=O) groups excluding carboxylic acids is 1. The molecule has 3 aromatic rings. The van der Waals surface area contributed by atoms with Gasteiger partial charge in [0.05, 0.1) is 17.3 Å². The molecule has 32 heavy (non-hydrogen) atoms. The molecule has 1 amide bonds. The van der Waals surface area contributed by atoms with Gasteiger partial charge in [0.2, 0.25) is 0 Å². The predicted molar refractivity (Wildman–Crippen MR) is 122 cm³/mol. The van der Waals surface area contributed by atoms with Crippen molar-refractivity contribution in [1.82, 2.24) is 4.90 Å². The third kappa shape index (κ3) is 4.78. The summed E-state index contributed by atoms with van der Waals surface area (Å²) in [5.41, 5.74) is 0.557. The molecule has 1 fully saturated rings. The summed E-state index contributed by atoms with van der Waals surface area (Å²) >= 11 is 0. The number of likely N-dealkylation sites (tertiary alicyclic amines) is 1. The lowest BCUT2D eigenvalue weighted by Gasteiger charge is -2.32. The van der Waals surface area contributed by atoms with Gasteiger partial charge in [-0.2, -0.15) is 0 Å². The maximum Gasteiger partial charge on any atom is 0.253 e. The summed E-state index contributed by atoms with van der Waals surface area (Å²) in [6, 6.07) is 22.9. The lowest BCUT2D eigenvalue weighted by Crippen LogP contribution is -2.42. The molecular formula is C25H25NO5S. The minimum Gasteiger partial charge on any atom is -0.497 e. The fourth-order valence-corrected chi connectivity index (χ4v) is 5.53. The van der Waals surface area contributed by atoms with Gasteiger partial charge in [-0.1, -0.05) is 18.2 Å². The van der Waals surface area contributed by atoms with Crippen LogP contribution in [0.2, 0.25) is 0 Å². The van der Waals surface area contributed by atoms with Gasteiger partial charge in [0.25, 0.3) is 5.91 Å². The van der Waals surface area contributed by atoms with Crippen LogP contribution in [0.25, 0.3) is 0 Å². The van der Waals surface area contributed by atoms with Gasteiger partial charge in [0, 0.05) is 18.7 Å². The van der Waals surface area contributed by atoms with Crippen LogP contribution < -0.4 is 9.47 Å². The fourth-order valence-electron chi connectivity index (χ4n) is 3.80. The van der Waals surface area contributed by atoms with Gasteiger partial charge < -0.3 is 14.4 Å². The molecule has 0 aliphatic carbocycles. The average molecular weight is 452 g/mol. The molecule has 1 heterocycles. The second-order valence-electron chi connectivity index (χ2n) is 7.65. The van der Waals surface area contributed by atoms with Crippen molar-refractivity contribution in [2.24, 2.45) is 0 Å². The molecule has 4 rings (SSSR count). The number of sulfone groups is 1. The van der Waals surface area contributed by atoms with Gasteiger partial charge in [0.1, 0.15) is 17.2 Å². The van der Waals surface area contributed by atoms with Crippen molar-refractivity contribution < 1.29 is 22.7 Å². The zero-order valence-electron chi connectivity index (χ0n) is 17.8. The van der Waals surface area contributed by atoms with Gasteiger partial charge in [-0.05, 0) is 73.5 Å². The van der Waals surface area contributed by atoms with E-state index < -0.39 is 15.1 Å². The van der Waals surface area contributed by atoms with Crippen molar-refractivity contribution in [3.63, 3.8) is 0 Å². The van der Waals surface area contributed by atoms with Crippen molar-refractivity contribution >= 4 is 15.7 Å². The Morgan fingerprint density at radius 3 is 1.97 bits per heavy atom. The molecule has 0 radical (unpaired) electrons. The van der Waals surface area contributed by atoms with Gasteiger partial charge >= 0.3 is 0 Å². The zero-order chi connectivity index (χ0) is 22.6. The van der Waals surface area contributed by atoms with Gasteiger partial charge in [0.15, 0.2) is 9.84 Å². The number of methoxy groups -OCH3 is 1. The molecule has 0 saturated carbocycles. The van der Waals surface area contributed by atoms with Crippen LogP contribution in [0.1, 0.15) is 23.2 Å². The predicted octanol–water partition coefficient (Wildman–Crippen LogP) is 4.57. The van der Waals surface area contributed by atoms with Gasteiger partial charge in [-0.3, -0.25) is 4.79 Å². The van der Waals surface area contributed by atoms with E-state index in [9.17, 15) is 13.2 Å². The monoisotopic (exact) mass is 451 g/mol. The normalized spacial score (nSPS) is 14.7. The summed E-state index contributed by atoms with van der Waals surface area (Å²) in [7, 11) is -1.90. The quantitative estimate of drug-likeness (QED) is 0.549. The van der Waals surface area contributed by atoms with Crippen molar-refractivity contribution in [3.05, 3.63) is 84.4 Å². The van der Waals surface area contributed by atoms with E-state index >= 15 is 0 Å². The van der Waals surface area contributed by atoms with Gasteiger partial charge in [-0.15, -0.1) is 0 Å². The van der Waals surface area contributed by atoms with Crippen LogP contribution >= 0.6 is 0 Å². The third-order valence-electron chi connectivity index (χ3n) is 5.64. The number of para-hydroxylation sites is 1. The molecule has 0 unspecified atom stereocenters. The standard InChI is InChI=1S/C25H25NO5S/c1-30-20-11-13-23(14-12-20)32(28,29)24-15-17-26(18-16-24)25(27)19-7-9-22(10-8-19)31-21-5-3-2-4-6-21/h2-14,24H,15-18H2,1H3. The Hall–Kier alpha value is -3.32. The van der Waals surface area contributed by atoms with E-state index in [1.54, 1.807) is 60.5 Å². The van der Waals surface area contributed by atoms with Crippen LogP contribution in [0, 0.1) is 0 Å². The van der Waals surface area contributed by atoms with E-state index in [0.29, 0.717) is 43.0 Å². The van der Waals surface area contributed by atoms with Crippen LogP contribution in [0.5, 0.6) is 17.2 Å². The van der Waals surface area contributed by atoms with Crippen molar-refractivity contribution in [2.75, 3.05) is 20.2 Å². The van der Waals surface area contributed by atoms with E-state index in [4.69, 9.17) is 9.47 Å². The largest absolute Gasteiger partial charge is 0.497 e. The maximum atomic E-state index is 13.0. The zero-order valence-corrected chi connectivity index (χ0v) is 18.6. The first-order chi connectivity index (χ1) is 15.5. The first-order valence-electron chi connectivity index (χ1n) is 10.5. The molecule has 3 aromatic carbocycles. The van der Waals surface area contributed by atoms with Crippen molar-refractivity contribution in [1.29, 1.82) is 0 Å². The molecule has 1 aliphatic heterocycles. The molecule has 0 atom stereocenters. The second-order valence-corrected chi connectivity index (χ2v) is 9.88. The van der Waals surface area contributed by atoms with Crippen LogP contribution in [0.3, 0.4) is 0 Å². The van der Waals surface area contributed by atoms with Crippen LogP contribution in [-0.4, -0.2) is 44.7 Å². The Bertz CT molecular complexity index is 1150. The number of ether oxygens (including phenoxy) is 2. The Kier molecular flexibility index (Phi) is 6.46. The summed E-state index contributed by atoms with van der Waals surface area (Å²) in [4.78, 5) is 14.9. The fraction of sp³-hybridized carbons (Fsp3) is 0.240. The van der Waals surface area contributed by atoms with Gasteiger partial charge in [-0.25, -0.2) is 8.42 Å². The highest BCUT2D eigenvalue weighted by molar-refractivity contribution is 7.92. The van der Waals surface area contributed by atoms with Crippen molar-refractivity contribution in [3.8, 4) is 17.2 Å². The molecule has 0 N–H and O–H groups in total. The highest BCUT2D eigenvalue weighted by Crippen LogP contribution is 2.27. The van der Waals surface area contributed by atoms with E-state index in [0.717, 1.165) is 5.75 Å². The SMILES string of the molecule is COc1ccc(S(=O)(=O)C2CCN(C(=O)c3ccc(Oc4ccccc4)cc3)CC2)cc1. The molecule has 1 saturated heterocycles. The summed E-state index contributed by atoms with van der Waals surface area (Å²) < 4.78 is 36.8. The number of hydrogen-bond acceptors (Lipinski definition) is 5. The van der Waals surface area contributed by atoms with E-state index in [1.807, 2.05) is 30.3 Å². The van der Waals surface area contributed by atoms with E-state index in [2.05, 4.69) is 0 Å². The Morgan fingerprint density at radius 1 is 0.812 bits per heavy atom. The smallest absolute Gasteiger partial charge is 0.253 e. The molecule has 1 aliphatic rings. The van der Waals surface area contributed by atoms with Crippen molar-refractivity contribution in [2.45, 2.75) is 23.0 Å². The van der Waals surface area contributed by atoms with E-state index in [-0.39, 0.29) is 10.8 Å². The first kappa shape index (κ1) is 21.9. The average Bonchev–Trinajstić information content (AvgIpc) is 2.85. The second kappa shape index (κ2) is 9.44. The molecule has 0 bridgehead atoms. The molecule has 166 valence electrons. The molecule has 0 aromatic heterocycles. The summed E-state index contributed by atoms with van der Waals surface area (Å²) in [5, 5.41) is -0.499. The lowest BCUT2D eigenvalue weighted by molar-refractivity contribution is 0.0725. The molecule has 6 nitrogen and oxygen atoms in total. The lowest BCUT2D eigenvalue weighted by atomic mass is 10.1. The minimum atomic E-state index is -3.45. The number of benzene rings is 3. The van der Waals surface area contributed by atoms with Crippen LogP contribution in [0.15, 0.2) is 83.8 Å². The highest BCUT2D eigenvalue weighted by atomic mass is 32.2. The van der Waals surface area contributed by atoms with E-state index in [1.165, 1.54) is 0 Å². The van der Waals surface area contributed by atoms with Crippen LogP contribution in [-0.2, 0) is 9.84 Å². The topological polar surface area (TPSA) is 72.9 Å². The van der Waals surface area contributed by atoms with Crippen LogP contribution in [0.4, 0.5) is 0 Å². The molecule has 7 heteroatoms. The number of carbonyl (C=O) groups is 1.